The average Bonchev–Trinajstić information content (AvgIpc) is 3.14. The molecule has 2 fully saturated rings. The molecule has 1 N–H and O–H groups in total. The second-order valence-electron chi connectivity index (χ2n) is 11.7. The fraction of sp³-hybridized carbons (Fsp3) is 0.531. The maximum Gasteiger partial charge on any atom is 0.322 e. The van der Waals surface area contributed by atoms with Crippen LogP contribution < -0.4 is 5.32 Å². The van der Waals surface area contributed by atoms with Gasteiger partial charge in [0.15, 0.2) is 0 Å². The minimum atomic E-state index is -0.312. The SMILES string of the molecule is CC(C)CCN1C(=O)C(CC(=O)N2CCC(N3CCc4ccccc4NC3=O)CC2)SC1CCc1ccccc1.[HH]. The summed E-state index contributed by atoms with van der Waals surface area (Å²) in [5.41, 5.74) is 3.34. The summed E-state index contributed by atoms with van der Waals surface area (Å²) in [6, 6.07) is 18.5. The lowest BCUT2D eigenvalue weighted by Gasteiger charge is -2.38. The van der Waals surface area contributed by atoms with Crippen molar-refractivity contribution >= 4 is 35.3 Å². The quantitative estimate of drug-likeness (QED) is 0.427. The average molecular weight is 565 g/mol. The Bertz CT molecular complexity index is 1190. The van der Waals surface area contributed by atoms with Crippen LogP contribution in [0.1, 0.15) is 58.5 Å². The molecule has 216 valence electrons. The third-order valence-electron chi connectivity index (χ3n) is 8.46. The van der Waals surface area contributed by atoms with E-state index in [0.29, 0.717) is 25.6 Å². The Kier molecular flexibility index (Phi) is 9.35. The molecule has 0 bridgehead atoms. The molecular formula is C32H44N4O3S. The maximum absolute atomic E-state index is 13.5. The van der Waals surface area contributed by atoms with E-state index >= 15 is 0 Å². The summed E-state index contributed by atoms with van der Waals surface area (Å²) in [6.45, 7) is 7.06. The van der Waals surface area contributed by atoms with Gasteiger partial charge in [0.25, 0.3) is 0 Å². The van der Waals surface area contributed by atoms with Gasteiger partial charge in [-0.2, -0.15) is 0 Å². The normalized spacial score (nSPS) is 21.9. The number of nitrogens with one attached hydrogen (secondary N) is 1. The first-order valence-corrected chi connectivity index (χ1v) is 15.8. The number of aryl methyl sites for hydroxylation is 1. The summed E-state index contributed by atoms with van der Waals surface area (Å²) >= 11 is 1.68. The fourth-order valence-electron chi connectivity index (χ4n) is 6.05. The van der Waals surface area contributed by atoms with Crippen molar-refractivity contribution in [2.75, 3.05) is 31.5 Å². The number of thioether (sulfide) groups is 1. The van der Waals surface area contributed by atoms with Gasteiger partial charge in [-0.25, -0.2) is 4.79 Å². The molecule has 2 aromatic carbocycles. The van der Waals surface area contributed by atoms with Gasteiger partial charge in [-0.15, -0.1) is 11.8 Å². The highest BCUT2D eigenvalue weighted by atomic mass is 32.2. The number of hydrogen-bond acceptors (Lipinski definition) is 4. The molecule has 40 heavy (non-hydrogen) atoms. The Morgan fingerprint density at radius 1 is 1.02 bits per heavy atom. The van der Waals surface area contributed by atoms with E-state index in [-0.39, 0.29) is 42.4 Å². The number of para-hydroxylation sites is 1. The molecule has 0 aromatic heterocycles. The van der Waals surface area contributed by atoms with Gasteiger partial charge in [0, 0.05) is 45.8 Å². The number of carbonyl (C=O) groups excluding carboxylic acids is 3. The lowest BCUT2D eigenvalue weighted by Crippen LogP contribution is -2.50. The lowest BCUT2D eigenvalue weighted by molar-refractivity contribution is -0.136. The van der Waals surface area contributed by atoms with Crippen molar-refractivity contribution in [3.8, 4) is 0 Å². The van der Waals surface area contributed by atoms with Crippen LogP contribution in [0.15, 0.2) is 54.6 Å². The number of carbonyl (C=O) groups is 3. The number of nitrogens with zero attached hydrogens (tertiary/aromatic N) is 3. The van der Waals surface area contributed by atoms with Crippen LogP contribution in [-0.2, 0) is 22.4 Å². The van der Waals surface area contributed by atoms with Gasteiger partial charge in [-0.3, -0.25) is 9.59 Å². The number of piperidine rings is 1. The van der Waals surface area contributed by atoms with Gasteiger partial charge in [0.05, 0.1) is 10.6 Å². The van der Waals surface area contributed by atoms with Crippen LogP contribution in [0.3, 0.4) is 0 Å². The Hall–Kier alpha value is -3.00. The molecule has 0 spiro atoms. The highest BCUT2D eigenvalue weighted by Crippen LogP contribution is 2.37. The van der Waals surface area contributed by atoms with E-state index in [1.54, 1.807) is 11.8 Å². The molecule has 2 unspecified atom stereocenters. The topological polar surface area (TPSA) is 73.0 Å². The highest BCUT2D eigenvalue weighted by molar-refractivity contribution is 8.01. The van der Waals surface area contributed by atoms with Crippen LogP contribution in [0.2, 0.25) is 0 Å². The summed E-state index contributed by atoms with van der Waals surface area (Å²) in [4.78, 5) is 45.7. The number of anilines is 1. The Morgan fingerprint density at radius 2 is 1.75 bits per heavy atom. The number of hydrogen-bond donors (Lipinski definition) is 1. The lowest BCUT2D eigenvalue weighted by atomic mass is 10.0. The van der Waals surface area contributed by atoms with E-state index in [1.807, 2.05) is 39.0 Å². The summed E-state index contributed by atoms with van der Waals surface area (Å²) in [5, 5.41) is 2.86. The number of benzene rings is 2. The minimum Gasteiger partial charge on any atom is -0.342 e. The van der Waals surface area contributed by atoms with Gasteiger partial charge in [-0.1, -0.05) is 62.4 Å². The second kappa shape index (κ2) is 13.1. The zero-order chi connectivity index (χ0) is 28.1. The Labute approximate surface area is 244 Å². The highest BCUT2D eigenvalue weighted by Gasteiger charge is 2.41. The summed E-state index contributed by atoms with van der Waals surface area (Å²) < 4.78 is 0. The first-order valence-electron chi connectivity index (χ1n) is 14.8. The molecule has 0 radical (unpaired) electrons. The second-order valence-corrected chi connectivity index (χ2v) is 13.0. The summed E-state index contributed by atoms with van der Waals surface area (Å²) in [5.74, 6) is 0.701. The maximum atomic E-state index is 13.5. The van der Waals surface area contributed by atoms with Gasteiger partial charge < -0.3 is 20.0 Å². The summed E-state index contributed by atoms with van der Waals surface area (Å²) in [6.07, 6.45) is 5.41. The fourth-order valence-corrected chi connectivity index (χ4v) is 7.53. The molecule has 7 nitrogen and oxygen atoms in total. The number of fused-ring (bicyclic) bond motifs is 1. The van der Waals surface area contributed by atoms with E-state index in [2.05, 4.69) is 49.5 Å². The van der Waals surface area contributed by atoms with Gasteiger partial charge in [-0.05, 0) is 61.6 Å². The number of likely N-dealkylation sites (tertiary alicyclic amines) is 1. The molecule has 2 aromatic rings. The van der Waals surface area contributed by atoms with E-state index < -0.39 is 0 Å². The predicted octanol–water partition coefficient (Wildman–Crippen LogP) is 5.65. The zero-order valence-electron chi connectivity index (χ0n) is 23.8. The number of rotatable bonds is 9. The molecule has 2 saturated heterocycles. The molecule has 2 atom stereocenters. The Balaban J connectivity index is 0.00000387. The van der Waals surface area contributed by atoms with Gasteiger partial charge >= 0.3 is 6.03 Å². The first-order chi connectivity index (χ1) is 19.4. The molecule has 3 heterocycles. The van der Waals surface area contributed by atoms with Crippen LogP contribution in [0.25, 0.3) is 0 Å². The minimum absolute atomic E-state index is 0. The van der Waals surface area contributed by atoms with Crippen molar-refractivity contribution in [2.24, 2.45) is 5.92 Å². The smallest absolute Gasteiger partial charge is 0.322 e. The van der Waals surface area contributed by atoms with Gasteiger partial charge in [0.2, 0.25) is 11.8 Å². The molecule has 5 rings (SSSR count). The third-order valence-corrected chi connectivity index (χ3v) is 9.96. The van der Waals surface area contributed by atoms with Crippen LogP contribution in [-0.4, -0.2) is 75.4 Å². The monoisotopic (exact) mass is 564 g/mol. The summed E-state index contributed by atoms with van der Waals surface area (Å²) in [7, 11) is 0. The van der Waals surface area contributed by atoms with Crippen molar-refractivity contribution in [2.45, 2.75) is 75.5 Å². The van der Waals surface area contributed by atoms with Crippen molar-refractivity contribution in [1.82, 2.24) is 14.7 Å². The largest absolute Gasteiger partial charge is 0.342 e. The predicted molar refractivity (Wildman–Crippen MR) is 163 cm³/mol. The van der Waals surface area contributed by atoms with Crippen LogP contribution in [0.5, 0.6) is 0 Å². The van der Waals surface area contributed by atoms with Crippen LogP contribution >= 0.6 is 11.8 Å². The Morgan fingerprint density at radius 3 is 2.50 bits per heavy atom. The van der Waals surface area contributed by atoms with Crippen molar-refractivity contribution in [3.63, 3.8) is 0 Å². The van der Waals surface area contributed by atoms with E-state index in [4.69, 9.17) is 0 Å². The van der Waals surface area contributed by atoms with Crippen molar-refractivity contribution in [3.05, 3.63) is 65.7 Å². The van der Waals surface area contributed by atoms with E-state index in [1.165, 1.54) is 5.56 Å². The van der Waals surface area contributed by atoms with Crippen molar-refractivity contribution < 1.29 is 15.8 Å². The molecule has 3 aliphatic heterocycles. The number of urea groups is 1. The van der Waals surface area contributed by atoms with Crippen molar-refractivity contribution in [1.29, 1.82) is 0 Å². The van der Waals surface area contributed by atoms with Crippen LogP contribution in [0, 0.1) is 5.92 Å². The third kappa shape index (κ3) is 6.82. The van der Waals surface area contributed by atoms with Gasteiger partial charge in [0.1, 0.15) is 0 Å². The zero-order valence-corrected chi connectivity index (χ0v) is 24.6. The molecular weight excluding hydrogens is 520 g/mol. The standard InChI is InChI=1S/C32H42N4O3S.H2/c1-23(2)14-20-36-30(13-12-24-8-4-3-5-9-24)40-28(31(36)38)22-29(37)34-18-16-26(17-19-34)35-21-15-25-10-6-7-11-27(25)33-32(35)39;/h3-11,23,26,28,30H,12-22H2,1-2H3,(H,33,39);1H. The van der Waals surface area contributed by atoms with E-state index in [0.717, 1.165) is 56.3 Å². The molecule has 3 aliphatic rings. The first kappa shape index (κ1) is 28.5. The molecule has 4 amide bonds. The van der Waals surface area contributed by atoms with Crippen LogP contribution in [0.4, 0.5) is 10.5 Å². The van der Waals surface area contributed by atoms with E-state index in [9.17, 15) is 14.4 Å². The molecule has 8 heteroatoms. The molecule has 0 saturated carbocycles. The number of amides is 4. The molecule has 0 aliphatic carbocycles.